The molecule has 0 saturated carbocycles. The van der Waals surface area contributed by atoms with Gasteiger partial charge in [-0.1, -0.05) is 31.2 Å². The van der Waals surface area contributed by atoms with E-state index < -0.39 is 0 Å². The molecule has 0 aliphatic carbocycles. The van der Waals surface area contributed by atoms with Crippen LogP contribution in [0.3, 0.4) is 0 Å². The van der Waals surface area contributed by atoms with Gasteiger partial charge < -0.3 is 5.32 Å². The third-order valence-corrected chi connectivity index (χ3v) is 4.54. The van der Waals surface area contributed by atoms with Crippen molar-refractivity contribution in [1.29, 1.82) is 0 Å². The van der Waals surface area contributed by atoms with Crippen LogP contribution in [0.5, 0.6) is 0 Å². The summed E-state index contributed by atoms with van der Waals surface area (Å²) in [6.45, 7) is 2.57. The Kier molecular flexibility index (Phi) is 4.61. The summed E-state index contributed by atoms with van der Waals surface area (Å²) in [5, 5.41) is 11.1. The average Bonchev–Trinajstić information content (AvgIpc) is 3.17. The molecule has 0 unspecified atom stereocenters. The van der Waals surface area contributed by atoms with E-state index in [9.17, 15) is 4.79 Å². The third kappa shape index (κ3) is 3.42. The van der Waals surface area contributed by atoms with Crippen LogP contribution < -0.4 is 5.32 Å². The van der Waals surface area contributed by atoms with E-state index in [0.717, 1.165) is 28.6 Å². The quantitative estimate of drug-likeness (QED) is 0.572. The molecule has 0 fully saturated rings. The largest absolute Gasteiger partial charge is 0.347 e. The minimum Gasteiger partial charge on any atom is -0.347 e. The fourth-order valence-electron chi connectivity index (χ4n) is 3.01. The standard InChI is InChI=1S/C21H19N5O/c1-2-14-3-5-15(6-4-14)13-24-21(27)20-19-17(9-12-23-20)18(25-26-19)16-7-10-22-11-8-16/h3-12H,2,13H2,1H3,(H,24,27)(H,25,26). The smallest absolute Gasteiger partial charge is 0.272 e. The molecule has 1 amide bonds. The lowest BCUT2D eigenvalue weighted by Crippen LogP contribution is -2.24. The Balaban J connectivity index is 1.58. The summed E-state index contributed by atoms with van der Waals surface area (Å²) < 4.78 is 0. The minimum atomic E-state index is -0.231. The van der Waals surface area contributed by atoms with Crippen molar-refractivity contribution in [3.63, 3.8) is 0 Å². The maximum absolute atomic E-state index is 12.7. The summed E-state index contributed by atoms with van der Waals surface area (Å²) in [5.41, 5.74) is 5.00. The van der Waals surface area contributed by atoms with E-state index in [2.05, 4.69) is 44.5 Å². The number of amides is 1. The number of pyridine rings is 2. The fraction of sp³-hybridized carbons (Fsp3) is 0.143. The molecule has 0 aliphatic heterocycles. The van der Waals surface area contributed by atoms with Crippen molar-refractivity contribution in [2.75, 3.05) is 0 Å². The Morgan fingerprint density at radius 1 is 1.00 bits per heavy atom. The molecular weight excluding hydrogens is 338 g/mol. The van der Waals surface area contributed by atoms with Gasteiger partial charge in [0.1, 0.15) is 5.69 Å². The topological polar surface area (TPSA) is 83.6 Å². The first-order valence-corrected chi connectivity index (χ1v) is 8.85. The number of carbonyl (C=O) groups is 1. The lowest BCUT2D eigenvalue weighted by molar-refractivity contribution is 0.0947. The average molecular weight is 357 g/mol. The summed E-state index contributed by atoms with van der Waals surface area (Å²) in [6, 6.07) is 13.8. The van der Waals surface area contributed by atoms with Crippen LogP contribution in [0.4, 0.5) is 0 Å². The van der Waals surface area contributed by atoms with Crippen molar-refractivity contribution in [2.24, 2.45) is 0 Å². The number of nitrogens with zero attached hydrogens (tertiary/aromatic N) is 3. The first kappa shape index (κ1) is 16.9. The third-order valence-electron chi connectivity index (χ3n) is 4.54. The molecule has 134 valence electrons. The molecule has 6 nitrogen and oxygen atoms in total. The molecular formula is C21H19N5O. The van der Waals surface area contributed by atoms with Gasteiger partial charge in [0.2, 0.25) is 0 Å². The number of rotatable bonds is 5. The zero-order valence-corrected chi connectivity index (χ0v) is 14.9. The maximum Gasteiger partial charge on any atom is 0.272 e. The molecule has 27 heavy (non-hydrogen) atoms. The van der Waals surface area contributed by atoms with Crippen LogP contribution in [0.25, 0.3) is 22.2 Å². The Hall–Kier alpha value is -3.54. The van der Waals surface area contributed by atoms with Crippen LogP contribution in [-0.2, 0) is 13.0 Å². The molecule has 1 aromatic carbocycles. The molecule has 4 aromatic rings. The molecule has 0 radical (unpaired) electrons. The molecule has 3 heterocycles. The number of aryl methyl sites for hydroxylation is 1. The van der Waals surface area contributed by atoms with Crippen molar-refractivity contribution in [1.82, 2.24) is 25.5 Å². The second-order valence-corrected chi connectivity index (χ2v) is 6.24. The van der Waals surface area contributed by atoms with Gasteiger partial charge in [-0.05, 0) is 35.7 Å². The minimum absolute atomic E-state index is 0.231. The van der Waals surface area contributed by atoms with Gasteiger partial charge in [-0.25, -0.2) is 4.98 Å². The molecule has 0 spiro atoms. The molecule has 0 saturated heterocycles. The molecule has 0 atom stereocenters. The van der Waals surface area contributed by atoms with Crippen molar-refractivity contribution < 1.29 is 4.79 Å². The van der Waals surface area contributed by atoms with Crippen molar-refractivity contribution in [3.8, 4) is 11.3 Å². The highest BCUT2D eigenvalue weighted by Gasteiger charge is 2.16. The van der Waals surface area contributed by atoms with Gasteiger partial charge in [-0.3, -0.25) is 14.9 Å². The number of aromatic amines is 1. The Morgan fingerprint density at radius 2 is 1.74 bits per heavy atom. The molecule has 0 aliphatic rings. The van der Waals surface area contributed by atoms with E-state index >= 15 is 0 Å². The van der Waals surface area contributed by atoms with Gasteiger partial charge in [-0.15, -0.1) is 0 Å². The highest BCUT2D eigenvalue weighted by atomic mass is 16.1. The Morgan fingerprint density at radius 3 is 2.48 bits per heavy atom. The molecule has 3 aromatic heterocycles. The zero-order chi connectivity index (χ0) is 18.6. The maximum atomic E-state index is 12.7. The predicted molar refractivity (Wildman–Crippen MR) is 104 cm³/mol. The first-order valence-electron chi connectivity index (χ1n) is 8.85. The number of nitrogens with one attached hydrogen (secondary N) is 2. The SMILES string of the molecule is CCc1ccc(CNC(=O)c2nccc3c(-c4ccncc4)n[nH]c23)cc1. The van der Waals surface area contributed by atoms with Crippen LogP contribution >= 0.6 is 0 Å². The summed E-state index contributed by atoms with van der Waals surface area (Å²) in [6.07, 6.45) is 6.06. The van der Waals surface area contributed by atoms with E-state index in [1.54, 1.807) is 18.6 Å². The van der Waals surface area contributed by atoms with Crippen molar-refractivity contribution in [2.45, 2.75) is 19.9 Å². The Bertz CT molecular complexity index is 1070. The number of hydrogen-bond acceptors (Lipinski definition) is 4. The summed E-state index contributed by atoms with van der Waals surface area (Å²) in [4.78, 5) is 21.0. The number of carbonyl (C=O) groups excluding carboxylic acids is 1. The fourth-order valence-corrected chi connectivity index (χ4v) is 3.01. The number of benzene rings is 1. The van der Waals surface area contributed by atoms with E-state index in [-0.39, 0.29) is 5.91 Å². The normalized spacial score (nSPS) is 10.9. The summed E-state index contributed by atoms with van der Waals surface area (Å²) in [5.74, 6) is -0.231. The van der Waals surface area contributed by atoms with Crippen LogP contribution in [-0.4, -0.2) is 26.1 Å². The van der Waals surface area contributed by atoms with E-state index in [4.69, 9.17) is 0 Å². The van der Waals surface area contributed by atoms with Crippen LogP contribution in [0.1, 0.15) is 28.5 Å². The predicted octanol–water partition coefficient (Wildman–Crippen LogP) is 3.51. The van der Waals surface area contributed by atoms with E-state index in [1.165, 1.54) is 5.56 Å². The highest BCUT2D eigenvalue weighted by molar-refractivity contribution is 6.06. The van der Waals surface area contributed by atoms with Gasteiger partial charge in [-0.2, -0.15) is 5.10 Å². The zero-order valence-electron chi connectivity index (χ0n) is 14.9. The van der Waals surface area contributed by atoms with Crippen molar-refractivity contribution >= 4 is 16.8 Å². The number of aromatic nitrogens is 4. The van der Waals surface area contributed by atoms with Crippen LogP contribution in [0.2, 0.25) is 0 Å². The number of hydrogen-bond donors (Lipinski definition) is 2. The van der Waals surface area contributed by atoms with Gasteiger partial charge in [0.15, 0.2) is 5.69 Å². The lowest BCUT2D eigenvalue weighted by atomic mass is 10.1. The number of H-pyrrole nitrogens is 1. The second kappa shape index (κ2) is 7.37. The van der Waals surface area contributed by atoms with Crippen LogP contribution in [0, 0.1) is 0 Å². The molecule has 0 bridgehead atoms. The van der Waals surface area contributed by atoms with Gasteiger partial charge in [0.25, 0.3) is 5.91 Å². The summed E-state index contributed by atoms with van der Waals surface area (Å²) in [7, 11) is 0. The van der Waals surface area contributed by atoms with E-state index in [1.807, 2.05) is 30.3 Å². The second-order valence-electron chi connectivity index (χ2n) is 6.24. The molecule has 2 N–H and O–H groups in total. The molecule has 6 heteroatoms. The first-order chi connectivity index (χ1) is 13.3. The van der Waals surface area contributed by atoms with E-state index in [0.29, 0.717) is 17.8 Å². The van der Waals surface area contributed by atoms with Crippen LogP contribution in [0.15, 0.2) is 61.1 Å². The van der Waals surface area contributed by atoms with Crippen molar-refractivity contribution in [3.05, 3.63) is 77.9 Å². The highest BCUT2D eigenvalue weighted by Crippen LogP contribution is 2.26. The van der Waals surface area contributed by atoms with Gasteiger partial charge in [0, 0.05) is 36.1 Å². The summed E-state index contributed by atoms with van der Waals surface area (Å²) >= 11 is 0. The molecule has 4 rings (SSSR count). The van der Waals surface area contributed by atoms with Gasteiger partial charge in [0.05, 0.1) is 5.52 Å². The van der Waals surface area contributed by atoms with Gasteiger partial charge >= 0.3 is 0 Å². The monoisotopic (exact) mass is 357 g/mol. The number of fused-ring (bicyclic) bond motifs is 1. The Labute approximate surface area is 156 Å². The lowest BCUT2D eigenvalue weighted by Gasteiger charge is -2.06.